The van der Waals surface area contributed by atoms with Crippen LogP contribution < -0.4 is 10.9 Å². The summed E-state index contributed by atoms with van der Waals surface area (Å²) in [6, 6.07) is 4.58. The van der Waals surface area contributed by atoms with Crippen molar-refractivity contribution in [3.05, 3.63) is 34.5 Å². The number of carbonyl (C=O) groups excluding carboxylic acids is 3. The highest BCUT2D eigenvalue weighted by molar-refractivity contribution is 7.21. The van der Waals surface area contributed by atoms with E-state index in [4.69, 9.17) is 4.74 Å². The molecule has 0 aliphatic rings. The van der Waals surface area contributed by atoms with Gasteiger partial charge in [0.25, 0.3) is 5.91 Å². The molecule has 2 aromatic rings. The number of hydrogen-bond donors (Lipinski definition) is 2. The summed E-state index contributed by atoms with van der Waals surface area (Å²) in [5.74, 6) is -2.24. The summed E-state index contributed by atoms with van der Waals surface area (Å²) in [7, 11) is 0. The number of rotatable bonds is 3. The van der Waals surface area contributed by atoms with Gasteiger partial charge in [-0.2, -0.15) is 0 Å². The monoisotopic (exact) mass is 324 g/mol. The van der Waals surface area contributed by atoms with E-state index in [1.807, 2.05) is 0 Å². The molecule has 0 aliphatic heterocycles. The number of hydrogen-bond acceptors (Lipinski definition) is 5. The average molecular weight is 324 g/mol. The van der Waals surface area contributed by atoms with Crippen LogP contribution in [0.2, 0.25) is 0 Å². The van der Waals surface area contributed by atoms with E-state index in [1.165, 1.54) is 13.0 Å². The fraction of sp³-hybridized carbons (Fsp3) is 0.214. The maximum Gasteiger partial charge on any atom is 0.349 e. The first-order chi connectivity index (χ1) is 10.4. The Morgan fingerprint density at radius 2 is 2.00 bits per heavy atom. The predicted octanol–water partition coefficient (Wildman–Crippen LogP) is 1.67. The Bertz CT molecular complexity index is 757. The number of halogens is 1. The topological polar surface area (TPSA) is 84.5 Å². The van der Waals surface area contributed by atoms with Crippen LogP contribution in [0.15, 0.2) is 18.2 Å². The van der Waals surface area contributed by atoms with E-state index in [0.717, 1.165) is 11.3 Å². The number of thiophene rings is 1. The van der Waals surface area contributed by atoms with E-state index < -0.39 is 30.2 Å². The normalized spacial score (nSPS) is 10.3. The van der Waals surface area contributed by atoms with E-state index in [-0.39, 0.29) is 4.88 Å². The summed E-state index contributed by atoms with van der Waals surface area (Å²) in [4.78, 5) is 34.2. The van der Waals surface area contributed by atoms with E-state index >= 15 is 0 Å². The Morgan fingerprint density at radius 3 is 2.64 bits per heavy atom. The lowest BCUT2D eigenvalue weighted by Crippen LogP contribution is -2.42. The van der Waals surface area contributed by atoms with Crippen LogP contribution in [0.4, 0.5) is 4.39 Å². The molecule has 2 amide bonds. The molecule has 1 heterocycles. The van der Waals surface area contributed by atoms with Gasteiger partial charge in [0, 0.05) is 17.0 Å². The highest BCUT2D eigenvalue weighted by atomic mass is 32.1. The second-order valence-corrected chi connectivity index (χ2v) is 5.53. The summed E-state index contributed by atoms with van der Waals surface area (Å²) in [6.07, 6.45) is 0. The van der Waals surface area contributed by atoms with Gasteiger partial charge in [-0.25, -0.2) is 9.18 Å². The van der Waals surface area contributed by atoms with Gasteiger partial charge in [-0.3, -0.25) is 20.4 Å². The molecular formula is C14H13FN2O4S. The zero-order valence-electron chi connectivity index (χ0n) is 11.9. The third kappa shape index (κ3) is 3.40. The van der Waals surface area contributed by atoms with E-state index in [2.05, 4.69) is 10.9 Å². The first kappa shape index (κ1) is 15.9. The SMILES string of the molecule is CC(=O)NNC(=O)COC(=O)c1sc2cccc(F)c2c1C. The number of benzene rings is 1. The fourth-order valence-electron chi connectivity index (χ4n) is 1.84. The van der Waals surface area contributed by atoms with Crippen LogP contribution in [-0.4, -0.2) is 24.4 Å². The summed E-state index contributed by atoms with van der Waals surface area (Å²) in [5.41, 5.74) is 4.62. The van der Waals surface area contributed by atoms with Crippen molar-refractivity contribution in [2.75, 3.05) is 6.61 Å². The van der Waals surface area contributed by atoms with Gasteiger partial charge in [0.15, 0.2) is 6.61 Å². The number of esters is 1. The zero-order chi connectivity index (χ0) is 16.3. The van der Waals surface area contributed by atoms with Gasteiger partial charge in [0.05, 0.1) is 0 Å². The lowest BCUT2D eigenvalue weighted by Gasteiger charge is -2.06. The van der Waals surface area contributed by atoms with Gasteiger partial charge in [0.1, 0.15) is 10.7 Å². The second kappa shape index (κ2) is 6.52. The number of ether oxygens (including phenoxy) is 1. The fourth-order valence-corrected chi connectivity index (χ4v) is 2.96. The van der Waals surface area contributed by atoms with E-state index in [1.54, 1.807) is 19.1 Å². The van der Waals surface area contributed by atoms with Crippen molar-refractivity contribution in [2.45, 2.75) is 13.8 Å². The average Bonchev–Trinajstić information content (AvgIpc) is 2.81. The van der Waals surface area contributed by atoms with E-state index in [0.29, 0.717) is 15.6 Å². The molecule has 1 aromatic heterocycles. The van der Waals surface area contributed by atoms with Crippen molar-refractivity contribution >= 4 is 39.2 Å². The van der Waals surface area contributed by atoms with Crippen LogP contribution in [0.1, 0.15) is 22.2 Å². The molecule has 8 heteroatoms. The van der Waals surface area contributed by atoms with Crippen molar-refractivity contribution in [2.24, 2.45) is 0 Å². The van der Waals surface area contributed by atoms with Crippen LogP contribution in [0.3, 0.4) is 0 Å². The number of carbonyl (C=O) groups is 3. The summed E-state index contributed by atoms with van der Waals surface area (Å²) >= 11 is 1.10. The summed E-state index contributed by atoms with van der Waals surface area (Å²) in [5, 5.41) is 0.377. The summed E-state index contributed by atoms with van der Waals surface area (Å²) in [6.45, 7) is 2.30. The van der Waals surface area contributed by atoms with Gasteiger partial charge < -0.3 is 4.74 Å². The van der Waals surface area contributed by atoms with Crippen molar-refractivity contribution in [3.8, 4) is 0 Å². The lowest BCUT2D eigenvalue weighted by atomic mass is 10.1. The van der Waals surface area contributed by atoms with Gasteiger partial charge in [-0.05, 0) is 24.6 Å². The minimum atomic E-state index is -0.712. The molecule has 2 rings (SSSR count). The van der Waals surface area contributed by atoms with Gasteiger partial charge >= 0.3 is 5.97 Å². The Balaban J connectivity index is 2.07. The standard InChI is InChI=1S/C14H13FN2O4S/c1-7-12-9(15)4-3-5-10(12)22-13(7)14(20)21-6-11(19)17-16-8(2)18/h3-5H,6H2,1-2H3,(H,16,18)(H,17,19). The number of fused-ring (bicyclic) bond motifs is 1. The minimum absolute atomic E-state index is 0.243. The highest BCUT2D eigenvalue weighted by Crippen LogP contribution is 2.32. The van der Waals surface area contributed by atoms with Crippen LogP contribution in [-0.2, 0) is 14.3 Å². The molecule has 0 radical (unpaired) electrons. The first-order valence-electron chi connectivity index (χ1n) is 6.30. The zero-order valence-corrected chi connectivity index (χ0v) is 12.7. The lowest BCUT2D eigenvalue weighted by molar-refractivity contribution is -0.129. The van der Waals surface area contributed by atoms with E-state index in [9.17, 15) is 18.8 Å². The molecule has 0 spiro atoms. The maximum absolute atomic E-state index is 13.8. The Kier molecular flexibility index (Phi) is 4.71. The molecule has 0 unspecified atom stereocenters. The van der Waals surface area contributed by atoms with Crippen LogP contribution in [0.25, 0.3) is 10.1 Å². The molecule has 6 nitrogen and oxygen atoms in total. The molecule has 0 bridgehead atoms. The molecule has 0 fully saturated rings. The van der Waals surface area contributed by atoms with Crippen LogP contribution in [0.5, 0.6) is 0 Å². The van der Waals surface area contributed by atoms with Crippen LogP contribution >= 0.6 is 11.3 Å². The smallest absolute Gasteiger partial charge is 0.349 e. The van der Waals surface area contributed by atoms with Crippen molar-refractivity contribution in [3.63, 3.8) is 0 Å². The third-order valence-corrected chi connectivity index (χ3v) is 4.04. The Morgan fingerprint density at radius 1 is 1.27 bits per heavy atom. The predicted molar refractivity (Wildman–Crippen MR) is 78.8 cm³/mol. The molecule has 0 saturated carbocycles. The molecular weight excluding hydrogens is 311 g/mol. The molecule has 116 valence electrons. The highest BCUT2D eigenvalue weighted by Gasteiger charge is 2.19. The number of hydrazine groups is 1. The first-order valence-corrected chi connectivity index (χ1v) is 7.12. The number of nitrogens with one attached hydrogen (secondary N) is 2. The minimum Gasteiger partial charge on any atom is -0.451 e. The van der Waals surface area contributed by atoms with Crippen molar-refractivity contribution in [1.82, 2.24) is 10.9 Å². The van der Waals surface area contributed by atoms with Crippen molar-refractivity contribution in [1.29, 1.82) is 0 Å². The van der Waals surface area contributed by atoms with Gasteiger partial charge in [0.2, 0.25) is 5.91 Å². The molecule has 1 aromatic carbocycles. The number of aryl methyl sites for hydroxylation is 1. The number of amides is 2. The third-order valence-electron chi connectivity index (χ3n) is 2.80. The molecule has 0 saturated heterocycles. The van der Waals surface area contributed by atoms with Crippen LogP contribution in [0, 0.1) is 12.7 Å². The Labute approximate surface area is 129 Å². The Hall–Kier alpha value is -2.48. The molecule has 2 N–H and O–H groups in total. The second-order valence-electron chi connectivity index (χ2n) is 4.47. The largest absolute Gasteiger partial charge is 0.451 e. The van der Waals surface area contributed by atoms with Crippen molar-refractivity contribution < 1.29 is 23.5 Å². The summed E-state index contributed by atoms with van der Waals surface area (Å²) < 4.78 is 19.3. The molecule has 22 heavy (non-hydrogen) atoms. The quantitative estimate of drug-likeness (QED) is 0.664. The van der Waals surface area contributed by atoms with Gasteiger partial charge in [-0.1, -0.05) is 6.07 Å². The molecule has 0 aliphatic carbocycles. The maximum atomic E-state index is 13.8. The van der Waals surface area contributed by atoms with Gasteiger partial charge in [-0.15, -0.1) is 11.3 Å². The molecule has 0 atom stereocenters.